The third-order valence-electron chi connectivity index (χ3n) is 8.97. The summed E-state index contributed by atoms with van der Waals surface area (Å²) in [5.41, 5.74) is 5.60. The van der Waals surface area contributed by atoms with Crippen LogP contribution in [-0.4, -0.2) is 87.3 Å². The number of nitrogens with two attached hydrogens (primary N) is 1. The van der Waals surface area contributed by atoms with Crippen molar-refractivity contribution in [3.63, 3.8) is 0 Å². The van der Waals surface area contributed by atoms with Crippen LogP contribution in [0.25, 0.3) is 10.8 Å². The smallest absolute Gasteiger partial charge is 0.307 e. The molecule has 4 rings (SSSR count). The maximum Gasteiger partial charge on any atom is 0.307 e. The Bertz CT molecular complexity index is 1470. The summed E-state index contributed by atoms with van der Waals surface area (Å²) in [7, 11) is -4.20. The van der Waals surface area contributed by atoms with E-state index in [9.17, 15) is 22.8 Å². The highest BCUT2D eigenvalue weighted by Crippen LogP contribution is 2.25. The Morgan fingerprint density at radius 2 is 1.72 bits per heavy atom. The molecule has 0 aromatic heterocycles. The molecule has 1 aliphatic heterocycles. The summed E-state index contributed by atoms with van der Waals surface area (Å²) in [6, 6.07) is 10.7. The molecular formula is C33H48N6O6S. The van der Waals surface area contributed by atoms with Crippen LogP contribution in [0.1, 0.15) is 64.7 Å². The molecule has 46 heavy (non-hydrogen) atoms. The maximum absolute atomic E-state index is 14.2. The molecule has 5 N–H and O–H groups in total. The Morgan fingerprint density at radius 3 is 2.39 bits per heavy atom. The molecule has 1 saturated carbocycles. The molecule has 13 heteroatoms. The number of hydrogen-bond donors (Lipinski definition) is 4. The van der Waals surface area contributed by atoms with Crippen LogP contribution in [0.3, 0.4) is 0 Å². The highest BCUT2D eigenvalue weighted by molar-refractivity contribution is 7.89. The SMILES string of the molecule is CCOC(=O)CCN(CC1CCCCC1)C(=O)[C@H](CC(=O)NCC1CCN(C(=N)N)CC1)NS(=O)(=O)c1ccc2ccccc2c1. The third kappa shape index (κ3) is 10.1. The molecule has 0 radical (unpaired) electrons. The molecule has 1 heterocycles. The van der Waals surface area contributed by atoms with Crippen molar-refractivity contribution in [2.75, 3.05) is 39.3 Å². The number of guanidine groups is 1. The molecule has 2 amide bonds. The van der Waals surface area contributed by atoms with Gasteiger partial charge in [-0.2, -0.15) is 4.72 Å². The number of amides is 2. The van der Waals surface area contributed by atoms with Crippen molar-refractivity contribution in [1.82, 2.24) is 19.8 Å². The van der Waals surface area contributed by atoms with Gasteiger partial charge in [0.05, 0.1) is 24.3 Å². The van der Waals surface area contributed by atoms with Crippen molar-refractivity contribution in [3.8, 4) is 0 Å². The lowest BCUT2D eigenvalue weighted by Crippen LogP contribution is -2.52. The number of hydrogen-bond acceptors (Lipinski definition) is 7. The first-order valence-corrected chi connectivity index (χ1v) is 17.8. The van der Waals surface area contributed by atoms with Crippen molar-refractivity contribution in [3.05, 3.63) is 42.5 Å². The number of carbonyl (C=O) groups excluding carboxylic acids is 3. The minimum absolute atomic E-state index is 0.00741. The first kappa shape index (κ1) is 35.1. The average Bonchev–Trinajstić information content (AvgIpc) is 3.05. The number of sulfonamides is 1. The number of benzene rings is 2. The fourth-order valence-corrected chi connectivity index (χ4v) is 7.54. The summed E-state index contributed by atoms with van der Waals surface area (Å²) in [5.74, 6) is -0.988. The largest absolute Gasteiger partial charge is 0.466 e. The van der Waals surface area contributed by atoms with E-state index in [1.54, 1.807) is 24.0 Å². The number of likely N-dealkylation sites (tertiary alicyclic amines) is 1. The van der Waals surface area contributed by atoms with E-state index in [1.165, 1.54) is 11.0 Å². The zero-order valence-electron chi connectivity index (χ0n) is 26.7. The molecule has 2 aromatic carbocycles. The van der Waals surface area contributed by atoms with E-state index >= 15 is 0 Å². The van der Waals surface area contributed by atoms with Gasteiger partial charge in [-0.05, 0) is 67.3 Å². The molecule has 0 spiro atoms. The first-order valence-electron chi connectivity index (χ1n) is 16.4. The molecule has 2 aliphatic rings. The van der Waals surface area contributed by atoms with Crippen LogP contribution in [0, 0.1) is 17.2 Å². The molecule has 12 nitrogen and oxygen atoms in total. The Labute approximate surface area is 271 Å². The normalized spacial score (nSPS) is 16.9. The van der Waals surface area contributed by atoms with Gasteiger partial charge in [-0.1, -0.05) is 49.6 Å². The molecule has 2 aromatic rings. The van der Waals surface area contributed by atoms with Crippen LogP contribution in [0.2, 0.25) is 0 Å². The summed E-state index contributed by atoms with van der Waals surface area (Å²) >= 11 is 0. The lowest BCUT2D eigenvalue weighted by molar-refractivity contribution is -0.144. The minimum atomic E-state index is -4.20. The van der Waals surface area contributed by atoms with Crippen LogP contribution < -0.4 is 15.8 Å². The average molecular weight is 657 g/mol. The third-order valence-corrected chi connectivity index (χ3v) is 10.4. The van der Waals surface area contributed by atoms with Gasteiger partial charge in [-0.25, -0.2) is 8.42 Å². The van der Waals surface area contributed by atoms with Gasteiger partial charge in [-0.15, -0.1) is 0 Å². The van der Waals surface area contributed by atoms with E-state index in [0.717, 1.165) is 55.7 Å². The predicted molar refractivity (Wildman–Crippen MR) is 176 cm³/mol. The highest BCUT2D eigenvalue weighted by atomic mass is 32.2. The van der Waals surface area contributed by atoms with Gasteiger partial charge < -0.3 is 25.6 Å². The molecule has 0 unspecified atom stereocenters. The maximum atomic E-state index is 14.2. The quantitative estimate of drug-likeness (QED) is 0.136. The monoisotopic (exact) mass is 656 g/mol. The van der Waals surface area contributed by atoms with Crippen LogP contribution in [-0.2, 0) is 29.1 Å². The zero-order chi connectivity index (χ0) is 33.1. The number of esters is 1. The lowest BCUT2D eigenvalue weighted by Gasteiger charge is -2.33. The number of carbonyl (C=O) groups is 3. The second kappa shape index (κ2) is 16.7. The van der Waals surface area contributed by atoms with E-state index < -0.39 is 40.3 Å². The van der Waals surface area contributed by atoms with Crippen LogP contribution in [0.4, 0.5) is 0 Å². The van der Waals surface area contributed by atoms with Gasteiger partial charge in [-0.3, -0.25) is 19.8 Å². The first-order chi connectivity index (χ1) is 22.1. The number of rotatable bonds is 14. The predicted octanol–water partition coefficient (Wildman–Crippen LogP) is 2.96. The Kier molecular flexibility index (Phi) is 12.8. The number of nitrogens with one attached hydrogen (secondary N) is 3. The number of ether oxygens (including phenoxy) is 1. The number of piperidine rings is 1. The molecule has 1 atom stereocenters. The fourth-order valence-electron chi connectivity index (χ4n) is 6.32. The van der Waals surface area contributed by atoms with E-state index in [-0.39, 0.29) is 42.3 Å². The molecule has 252 valence electrons. The zero-order valence-corrected chi connectivity index (χ0v) is 27.5. The second-order valence-corrected chi connectivity index (χ2v) is 14.1. The van der Waals surface area contributed by atoms with Crippen molar-refractivity contribution in [2.24, 2.45) is 17.6 Å². The van der Waals surface area contributed by atoms with Crippen LogP contribution in [0.15, 0.2) is 47.4 Å². The Balaban J connectivity index is 1.53. The topological polar surface area (TPSA) is 175 Å². The van der Waals surface area contributed by atoms with Crippen molar-refractivity contribution in [1.29, 1.82) is 5.41 Å². The molecule has 1 aliphatic carbocycles. The fraction of sp³-hybridized carbons (Fsp3) is 0.576. The van der Waals surface area contributed by atoms with Crippen LogP contribution >= 0.6 is 0 Å². The van der Waals surface area contributed by atoms with E-state index in [2.05, 4.69) is 10.0 Å². The molecule has 1 saturated heterocycles. The van der Waals surface area contributed by atoms with Gasteiger partial charge >= 0.3 is 5.97 Å². The molecule has 0 bridgehead atoms. The standard InChI is InChI=1S/C33H48N6O6S/c1-2-45-31(41)16-19-39(23-25-8-4-3-5-9-25)32(42)29(21-30(40)36-22-24-14-17-38(18-15-24)33(34)35)37-46(43,44)28-13-12-26-10-6-7-11-27(26)20-28/h6-7,10-13,20,24-25,29,37H,2-5,8-9,14-19,21-23H2,1H3,(H3,34,35)(H,36,40)/t29-/m0/s1. The highest BCUT2D eigenvalue weighted by Gasteiger charge is 2.33. The minimum Gasteiger partial charge on any atom is -0.466 e. The van der Waals surface area contributed by atoms with Gasteiger partial charge in [0.2, 0.25) is 21.8 Å². The Morgan fingerprint density at radius 1 is 1.02 bits per heavy atom. The molecular weight excluding hydrogens is 608 g/mol. The summed E-state index contributed by atoms with van der Waals surface area (Å²) in [6.07, 6.45) is 6.21. The van der Waals surface area contributed by atoms with Crippen molar-refractivity contribution in [2.45, 2.75) is 75.6 Å². The summed E-state index contributed by atoms with van der Waals surface area (Å²) < 4.78 is 35.1. The lowest BCUT2D eigenvalue weighted by atomic mass is 9.88. The van der Waals surface area contributed by atoms with Gasteiger partial charge in [0.15, 0.2) is 5.96 Å². The Hall–Kier alpha value is -3.71. The van der Waals surface area contributed by atoms with Crippen molar-refractivity contribution < 1.29 is 27.5 Å². The van der Waals surface area contributed by atoms with E-state index in [0.29, 0.717) is 26.2 Å². The number of fused-ring (bicyclic) bond motifs is 1. The summed E-state index contributed by atoms with van der Waals surface area (Å²) in [5, 5.41) is 12.1. The van der Waals surface area contributed by atoms with Crippen molar-refractivity contribution >= 4 is 44.5 Å². The summed E-state index contributed by atoms with van der Waals surface area (Å²) in [6.45, 7) is 4.00. The van der Waals surface area contributed by atoms with E-state index in [4.69, 9.17) is 15.9 Å². The molecule has 2 fully saturated rings. The second-order valence-electron chi connectivity index (χ2n) is 12.4. The van der Waals surface area contributed by atoms with Crippen LogP contribution in [0.5, 0.6) is 0 Å². The van der Waals surface area contributed by atoms with Gasteiger partial charge in [0, 0.05) is 32.7 Å². The number of nitrogens with zero attached hydrogens (tertiary/aromatic N) is 2. The van der Waals surface area contributed by atoms with E-state index in [1.807, 2.05) is 24.3 Å². The van der Waals surface area contributed by atoms with Gasteiger partial charge in [0.25, 0.3) is 0 Å². The summed E-state index contributed by atoms with van der Waals surface area (Å²) in [4.78, 5) is 43.0. The van der Waals surface area contributed by atoms with Gasteiger partial charge in [0.1, 0.15) is 6.04 Å².